The molecular formula is C6H10N2O2. The van der Waals surface area contributed by atoms with Gasteiger partial charge in [0.05, 0.1) is 19.1 Å². The maximum atomic E-state index is 10.6. The zero-order valence-corrected chi connectivity index (χ0v) is 6.00. The van der Waals surface area contributed by atoms with E-state index in [1.807, 2.05) is 6.07 Å². The van der Waals surface area contributed by atoms with Gasteiger partial charge in [-0.2, -0.15) is 5.26 Å². The minimum absolute atomic E-state index is 0.493. The first-order valence-corrected chi connectivity index (χ1v) is 2.86. The van der Waals surface area contributed by atoms with Crippen LogP contribution >= 0.6 is 0 Å². The van der Waals surface area contributed by atoms with E-state index in [2.05, 4.69) is 4.74 Å². The summed E-state index contributed by atoms with van der Waals surface area (Å²) in [5, 5.41) is 8.31. The molecule has 2 N–H and O–H groups in total. The van der Waals surface area contributed by atoms with Gasteiger partial charge in [0, 0.05) is 0 Å². The SMILES string of the molecule is COC(=O)C(N)C(C)C#N. The first-order valence-electron chi connectivity index (χ1n) is 2.86. The van der Waals surface area contributed by atoms with Crippen molar-refractivity contribution in [1.29, 1.82) is 5.26 Å². The van der Waals surface area contributed by atoms with Gasteiger partial charge >= 0.3 is 5.97 Å². The topological polar surface area (TPSA) is 76.1 Å². The third-order valence-corrected chi connectivity index (χ3v) is 1.22. The maximum absolute atomic E-state index is 10.6. The third-order valence-electron chi connectivity index (χ3n) is 1.22. The predicted molar refractivity (Wildman–Crippen MR) is 34.8 cm³/mol. The Labute approximate surface area is 59.6 Å². The summed E-state index contributed by atoms with van der Waals surface area (Å²) < 4.78 is 4.32. The Hall–Kier alpha value is -1.08. The molecule has 0 aliphatic heterocycles. The van der Waals surface area contributed by atoms with E-state index in [-0.39, 0.29) is 0 Å². The van der Waals surface area contributed by atoms with Crippen molar-refractivity contribution in [2.24, 2.45) is 11.7 Å². The van der Waals surface area contributed by atoms with Crippen molar-refractivity contribution in [1.82, 2.24) is 0 Å². The number of nitriles is 1. The lowest BCUT2D eigenvalue weighted by Gasteiger charge is -2.09. The van der Waals surface area contributed by atoms with Crippen LogP contribution in [0.5, 0.6) is 0 Å². The molecule has 2 atom stereocenters. The molecule has 0 aromatic heterocycles. The van der Waals surface area contributed by atoms with Crippen molar-refractivity contribution in [3.05, 3.63) is 0 Å². The highest BCUT2D eigenvalue weighted by Crippen LogP contribution is 1.98. The largest absolute Gasteiger partial charge is 0.468 e. The van der Waals surface area contributed by atoms with Crippen molar-refractivity contribution in [3.8, 4) is 6.07 Å². The van der Waals surface area contributed by atoms with Crippen molar-refractivity contribution in [2.45, 2.75) is 13.0 Å². The fourth-order valence-electron chi connectivity index (χ4n) is 0.421. The minimum Gasteiger partial charge on any atom is -0.468 e. The Kier molecular flexibility index (Phi) is 3.44. The molecule has 10 heavy (non-hydrogen) atoms. The standard InChI is InChI=1S/C6H10N2O2/c1-4(3-7)5(8)6(9)10-2/h4-5H,8H2,1-2H3. The molecule has 0 amide bonds. The number of rotatable bonds is 2. The lowest BCUT2D eigenvalue weighted by molar-refractivity contribution is -0.142. The number of hydrogen-bond acceptors (Lipinski definition) is 4. The first kappa shape index (κ1) is 8.92. The van der Waals surface area contributed by atoms with E-state index in [1.165, 1.54) is 7.11 Å². The molecule has 4 heteroatoms. The van der Waals surface area contributed by atoms with E-state index >= 15 is 0 Å². The summed E-state index contributed by atoms with van der Waals surface area (Å²) in [5.74, 6) is -1.04. The van der Waals surface area contributed by atoms with E-state index in [1.54, 1.807) is 6.92 Å². The molecule has 0 aliphatic carbocycles. The summed E-state index contributed by atoms with van der Waals surface area (Å²) in [5.41, 5.74) is 5.28. The molecule has 0 saturated heterocycles. The highest BCUT2D eigenvalue weighted by Gasteiger charge is 2.20. The molecule has 0 aliphatic rings. The summed E-state index contributed by atoms with van der Waals surface area (Å²) in [4.78, 5) is 10.6. The zero-order chi connectivity index (χ0) is 8.15. The monoisotopic (exact) mass is 142 g/mol. The van der Waals surface area contributed by atoms with Gasteiger partial charge < -0.3 is 10.5 Å². The van der Waals surface area contributed by atoms with Crippen LogP contribution in [0.1, 0.15) is 6.92 Å². The first-order chi connectivity index (χ1) is 4.63. The van der Waals surface area contributed by atoms with Gasteiger partial charge in [-0.05, 0) is 6.92 Å². The fraction of sp³-hybridized carbons (Fsp3) is 0.667. The van der Waals surface area contributed by atoms with Crippen LogP contribution in [0.2, 0.25) is 0 Å². The second-order valence-corrected chi connectivity index (χ2v) is 1.97. The van der Waals surface area contributed by atoms with Crippen LogP contribution in [0.4, 0.5) is 0 Å². The van der Waals surface area contributed by atoms with Gasteiger partial charge in [-0.3, -0.25) is 4.79 Å². The number of methoxy groups -OCH3 is 1. The average molecular weight is 142 g/mol. The Morgan fingerprint density at radius 1 is 1.80 bits per heavy atom. The molecule has 0 bridgehead atoms. The number of hydrogen-bond donors (Lipinski definition) is 1. The Morgan fingerprint density at radius 3 is 2.60 bits per heavy atom. The molecule has 0 aromatic carbocycles. The number of nitrogens with zero attached hydrogens (tertiary/aromatic N) is 1. The van der Waals surface area contributed by atoms with Crippen molar-refractivity contribution in [3.63, 3.8) is 0 Å². The van der Waals surface area contributed by atoms with Gasteiger partial charge in [-0.1, -0.05) is 0 Å². The highest BCUT2D eigenvalue weighted by molar-refractivity contribution is 5.76. The lowest BCUT2D eigenvalue weighted by Crippen LogP contribution is -2.36. The van der Waals surface area contributed by atoms with E-state index in [0.717, 1.165) is 0 Å². The minimum atomic E-state index is -0.824. The molecule has 4 nitrogen and oxygen atoms in total. The van der Waals surface area contributed by atoms with Gasteiger partial charge in [-0.15, -0.1) is 0 Å². The van der Waals surface area contributed by atoms with Crippen molar-refractivity contribution >= 4 is 5.97 Å². The Balaban J connectivity index is 3.97. The Bertz CT molecular complexity index is 162. The van der Waals surface area contributed by atoms with Crippen molar-refractivity contribution in [2.75, 3.05) is 7.11 Å². The van der Waals surface area contributed by atoms with Crippen molar-refractivity contribution < 1.29 is 9.53 Å². The van der Waals surface area contributed by atoms with Gasteiger partial charge in [0.15, 0.2) is 0 Å². The second kappa shape index (κ2) is 3.85. The van der Waals surface area contributed by atoms with Gasteiger partial charge in [0.1, 0.15) is 6.04 Å². The number of esters is 1. The van der Waals surface area contributed by atoms with Crippen LogP contribution in [0.15, 0.2) is 0 Å². The third kappa shape index (κ3) is 2.03. The van der Waals surface area contributed by atoms with E-state index in [9.17, 15) is 4.79 Å². The fourth-order valence-corrected chi connectivity index (χ4v) is 0.421. The van der Waals surface area contributed by atoms with Crippen LogP contribution in [0.25, 0.3) is 0 Å². The van der Waals surface area contributed by atoms with Crippen LogP contribution in [0.3, 0.4) is 0 Å². The normalized spacial score (nSPS) is 15.0. The molecule has 56 valence electrons. The molecule has 0 saturated carbocycles. The lowest BCUT2D eigenvalue weighted by atomic mass is 10.1. The predicted octanol–water partition coefficient (Wildman–Crippen LogP) is -0.354. The Morgan fingerprint density at radius 2 is 2.30 bits per heavy atom. The molecular weight excluding hydrogens is 132 g/mol. The highest BCUT2D eigenvalue weighted by atomic mass is 16.5. The molecule has 0 heterocycles. The molecule has 2 unspecified atom stereocenters. The molecule has 0 aromatic rings. The average Bonchev–Trinajstić information content (AvgIpc) is 2.00. The van der Waals surface area contributed by atoms with Crippen LogP contribution < -0.4 is 5.73 Å². The van der Waals surface area contributed by atoms with Crippen LogP contribution in [0, 0.1) is 17.2 Å². The maximum Gasteiger partial charge on any atom is 0.323 e. The van der Waals surface area contributed by atoms with Gasteiger partial charge in [-0.25, -0.2) is 0 Å². The second-order valence-electron chi connectivity index (χ2n) is 1.97. The number of ether oxygens (including phenoxy) is 1. The summed E-state index contributed by atoms with van der Waals surface area (Å²) >= 11 is 0. The molecule has 0 fully saturated rings. The summed E-state index contributed by atoms with van der Waals surface area (Å²) in [6.45, 7) is 1.57. The number of carbonyl (C=O) groups excluding carboxylic acids is 1. The van der Waals surface area contributed by atoms with E-state index in [4.69, 9.17) is 11.0 Å². The van der Waals surface area contributed by atoms with Crippen LogP contribution in [-0.2, 0) is 9.53 Å². The van der Waals surface area contributed by atoms with E-state index in [0.29, 0.717) is 0 Å². The molecule has 0 rings (SSSR count). The summed E-state index contributed by atoms with van der Waals surface area (Å²) in [6.07, 6.45) is 0. The zero-order valence-electron chi connectivity index (χ0n) is 6.00. The number of nitrogens with two attached hydrogens (primary N) is 1. The smallest absolute Gasteiger partial charge is 0.323 e. The molecule has 0 spiro atoms. The van der Waals surface area contributed by atoms with E-state index < -0.39 is 17.9 Å². The summed E-state index contributed by atoms with van der Waals surface area (Å²) in [7, 11) is 1.24. The molecule has 0 radical (unpaired) electrons. The van der Waals surface area contributed by atoms with Crippen LogP contribution in [-0.4, -0.2) is 19.1 Å². The summed E-state index contributed by atoms with van der Waals surface area (Å²) in [6, 6.07) is 1.03. The number of carbonyl (C=O) groups is 1. The van der Waals surface area contributed by atoms with Gasteiger partial charge in [0.2, 0.25) is 0 Å². The quantitative estimate of drug-likeness (QED) is 0.534. The van der Waals surface area contributed by atoms with Gasteiger partial charge in [0.25, 0.3) is 0 Å².